The lowest BCUT2D eigenvalue weighted by molar-refractivity contribution is 0.414. The number of sulfone groups is 1. The molecular formula is C16H13NO3S. The predicted octanol–water partition coefficient (Wildman–Crippen LogP) is 3.03. The first-order valence-electron chi connectivity index (χ1n) is 6.14. The zero-order chi connectivity index (χ0) is 15.3. The van der Waals surface area contributed by atoms with Crippen LogP contribution in [0.15, 0.2) is 64.4 Å². The summed E-state index contributed by atoms with van der Waals surface area (Å²) >= 11 is 0. The Kier molecular flexibility index (Phi) is 4.41. The van der Waals surface area contributed by atoms with Gasteiger partial charge in [-0.3, -0.25) is 0 Å². The average Bonchev–Trinajstić information content (AvgIpc) is 2.53. The van der Waals surface area contributed by atoms with Crippen LogP contribution in [0, 0.1) is 11.3 Å². The van der Waals surface area contributed by atoms with E-state index >= 15 is 0 Å². The van der Waals surface area contributed by atoms with Crippen molar-refractivity contribution in [2.45, 2.75) is 4.90 Å². The van der Waals surface area contributed by atoms with E-state index in [0.29, 0.717) is 11.3 Å². The molecule has 0 atom stereocenters. The first-order valence-corrected chi connectivity index (χ1v) is 7.62. The molecule has 0 aliphatic carbocycles. The number of hydrogen-bond acceptors (Lipinski definition) is 4. The Hall–Kier alpha value is -2.58. The zero-order valence-corrected chi connectivity index (χ0v) is 12.2. The largest absolute Gasteiger partial charge is 0.497 e. The zero-order valence-electron chi connectivity index (χ0n) is 11.4. The highest BCUT2D eigenvalue weighted by Gasteiger charge is 2.20. The Morgan fingerprint density at radius 3 is 2.48 bits per heavy atom. The van der Waals surface area contributed by atoms with Gasteiger partial charge in [0.05, 0.1) is 12.0 Å². The molecule has 0 fully saturated rings. The van der Waals surface area contributed by atoms with E-state index < -0.39 is 9.84 Å². The highest BCUT2D eigenvalue weighted by atomic mass is 32.2. The molecule has 2 aromatic rings. The summed E-state index contributed by atoms with van der Waals surface area (Å²) in [7, 11) is -2.29. The Balaban J connectivity index is 2.49. The maximum absolute atomic E-state index is 12.4. The van der Waals surface area contributed by atoms with Gasteiger partial charge in [0.1, 0.15) is 16.7 Å². The monoisotopic (exact) mass is 299 g/mol. The molecule has 0 aliphatic rings. The van der Waals surface area contributed by atoms with Gasteiger partial charge in [-0.25, -0.2) is 8.42 Å². The Morgan fingerprint density at radius 2 is 1.86 bits per heavy atom. The highest BCUT2D eigenvalue weighted by Crippen LogP contribution is 2.22. The Morgan fingerprint density at radius 1 is 1.14 bits per heavy atom. The van der Waals surface area contributed by atoms with Crippen molar-refractivity contribution in [1.82, 2.24) is 0 Å². The molecule has 0 N–H and O–H groups in total. The molecule has 4 nitrogen and oxygen atoms in total. The number of benzene rings is 2. The quantitative estimate of drug-likeness (QED) is 0.814. The van der Waals surface area contributed by atoms with Crippen LogP contribution in [0.1, 0.15) is 5.56 Å². The fourth-order valence-electron chi connectivity index (χ4n) is 1.78. The molecule has 5 heteroatoms. The van der Waals surface area contributed by atoms with E-state index in [1.165, 1.54) is 25.3 Å². The van der Waals surface area contributed by atoms with Crippen molar-refractivity contribution in [2.24, 2.45) is 0 Å². The van der Waals surface area contributed by atoms with Crippen LogP contribution in [0.4, 0.5) is 0 Å². The molecule has 0 bridgehead atoms. The summed E-state index contributed by atoms with van der Waals surface area (Å²) < 4.78 is 29.9. The van der Waals surface area contributed by atoms with Gasteiger partial charge in [-0.2, -0.15) is 5.26 Å². The number of rotatable bonds is 4. The molecule has 0 aromatic heterocycles. The number of nitrogens with zero attached hydrogens (tertiary/aromatic N) is 1. The van der Waals surface area contributed by atoms with Gasteiger partial charge >= 0.3 is 0 Å². The van der Waals surface area contributed by atoms with Crippen LogP contribution < -0.4 is 4.74 Å². The molecule has 0 radical (unpaired) electrons. The van der Waals surface area contributed by atoms with E-state index in [0.717, 1.165) is 0 Å². The van der Waals surface area contributed by atoms with Crippen molar-refractivity contribution in [3.63, 3.8) is 0 Å². The summed E-state index contributed by atoms with van der Waals surface area (Å²) in [6, 6.07) is 16.5. The first-order chi connectivity index (χ1) is 10.1. The Bertz CT molecular complexity index is 803. The molecule has 106 valence electrons. The van der Waals surface area contributed by atoms with E-state index in [4.69, 9.17) is 4.74 Å². The lowest BCUT2D eigenvalue weighted by Gasteiger charge is -2.04. The van der Waals surface area contributed by atoms with Crippen molar-refractivity contribution in [2.75, 3.05) is 7.11 Å². The number of nitriles is 1. The normalized spacial score (nSPS) is 11.7. The molecule has 0 spiro atoms. The summed E-state index contributed by atoms with van der Waals surface area (Å²) in [5.41, 5.74) is 0.588. The second-order valence-electron chi connectivity index (χ2n) is 4.21. The van der Waals surface area contributed by atoms with Gasteiger partial charge in [-0.15, -0.1) is 0 Å². The molecule has 0 unspecified atom stereocenters. The molecule has 21 heavy (non-hydrogen) atoms. The minimum Gasteiger partial charge on any atom is -0.497 e. The third-order valence-corrected chi connectivity index (χ3v) is 4.53. The van der Waals surface area contributed by atoms with Crippen LogP contribution in [-0.4, -0.2) is 15.5 Å². The number of hydrogen-bond donors (Lipinski definition) is 0. The Labute approximate surface area is 123 Å². The molecule has 2 aromatic carbocycles. The van der Waals surface area contributed by atoms with Gasteiger partial charge in [-0.1, -0.05) is 30.3 Å². The smallest absolute Gasteiger partial charge is 0.216 e. The molecule has 0 aliphatic heterocycles. The van der Waals surface area contributed by atoms with Gasteiger partial charge in [0.2, 0.25) is 9.84 Å². The SMILES string of the molecule is COc1cccc(/C=C(\C#N)S(=O)(=O)c2ccccc2)c1. The second kappa shape index (κ2) is 6.25. The van der Waals surface area contributed by atoms with Gasteiger partial charge in [0.25, 0.3) is 0 Å². The molecule has 2 rings (SSSR count). The molecule has 0 heterocycles. The predicted molar refractivity (Wildman–Crippen MR) is 80.2 cm³/mol. The van der Waals surface area contributed by atoms with Crippen LogP contribution in [0.2, 0.25) is 0 Å². The lowest BCUT2D eigenvalue weighted by Crippen LogP contribution is -2.03. The minimum absolute atomic E-state index is 0.0979. The number of ether oxygens (including phenoxy) is 1. The van der Waals surface area contributed by atoms with Gasteiger partial charge in [0, 0.05) is 0 Å². The van der Waals surface area contributed by atoms with E-state index in [9.17, 15) is 13.7 Å². The summed E-state index contributed by atoms with van der Waals surface area (Å²) in [5, 5.41) is 9.18. The fourth-order valence-corrected chi connectivity index (χ4v) is 2.96. The van der Waals surface area contributed by atoms with Crippen LogP contribution in [-0.2, 0) is 9.84 Å². The van der Waals surface area contributed by atoms with E-state index in [2.05, 4.69) is 0 Å². The molecular weight excluding hydrogens is 286 g/mol. The minimum atomic E-state index is -3.81. The maximum atomic E-state index is 12.4. The van der Waals surface area contributed by atoms with Crippen LogP contribution in [0.3, 0.4) is 0 Å². The molecule has 0 amide bonds. The van der Waals surface area contributed by atoms with Crippen LogP contribution >= 0.6 is 0 Å². The number of allylic oxidation sites excluding steroid dienone is 1. The second-order valence-corrected chi connectivity index (χ2v) is 6.13. The highest BCUT2D eigenvalue weighted by molar-refractivity contribution is 7.95. The fraction of sp³-hybridized carbons (Fsp3) is 0.0625. The van der Waals surface area contributed by atoms with Crippen LogP contribution in [0.5, 0.6) is 5.75 Å². The first kappa shape index (κ1) is 14.8. The lowest BCUT2D eigenvalue weighted by atomic mass is 10.2. The van der Waals surface area contributed by atoms with E-state index in [1.54, 1.807) is 48.5 Å². The van der Waals surface area contributed by atoms with Crippen molar-refractivity contribution in [3.05, 3.63) is 65.1 Å². The molecule has 0 saturated heterocycles. The van der Waals surface area contributed by atoms with Gasteiger partial charge < -0.3 is 4.74 Å². The summed E-state index contributed by atoms with van der Waals surface area (Å²) in [5.74, 6) is 0.596. The van der Waals surface area contributed by atoms with Crippen molar-refractivity contribution >= 4 is 15.9 Å². The average molecular weight is 299 g/mol. The summed E-state index contributed by atoms with van der Waals surface area (Å²) in [4.78, 5) is -0.206. The standard InChI is InChI=1S/C16H13NO3S/c1-20-14-7-5-6-13(10-14)11-16(12-17)21(18,19)15-8-3-2-4-9-15/h2-11H,1H3/b16-11+. The topological polar surface area (TPSA) is 67.2 Å². The van der Waals surface area contributed by atoms with E-state index in [1.807, 2.05) is 0 Å². The molecule has 0 saturated carbocycles. The number of methoxy groups -OCH3 is 1. The summed E-state index contributed by atoms with van der Waals surface area (Å²) in [6.07, 6.45) is 1.34. The van der Waals surface area contributed by atoms with E-state index in [-0.39, 0.29) is 9.80 Å². The maximum Gasteiger partial charge on any atom is 0.216 e. The van der Waals surface area contributed by atoms with Crippen molar-refractivity contribution in [3.8, 4) is 11.8 Å². The van der Waals surface area contributed by atoms with Crippen LogP contribution in [0.25, 0.3) is 6.08 Å². The van der Waals surface area contributed by atoms with Gasteiger partial charge in [-0.05, 0) is 35.9 Å². The third kappa shape index (κ3) is 3.30. The third-order valence-electron chi connectivity index (χ3n) is 2.84. The van der Waals surface area contributed by atoms with Gasteiger partial charge in [0.15, 0.2) is 0 Å². The van der Waals surface area contributed by atoms with Crippen molar-refractivity contribution in [1.29, 1.82) is 5.26 Å². The van der Waals surface area contributed by atoms with Crippen molar-refractivity contribution < 1.29 is 13.2 Å². The summed E-state index contributed by atoms with van der Waals surface area (Å²) in [6.45, 7) is 0.